The van der Waals surface area contributed by atoms with E-state index in [1.165, 1.54) is 0 Å². The first-order valence-corrected chi connectivity index (χ1v) is 7.51. The van der Waals surface area contributed by atoms with Crippen molar-refractivity contribution in [3.63, 3.8) is 0 Å². The number of methoxy groups -OCH3 is 1. The van der Waals surface area contributed by atoms with Crippen LogP contribution in [-0.2, 0) is 11.2 Å². The molecule has 4 nitrogen and oxygen atoms in total. The highest BCUT2D eigenvalue weighted by Gasteiger charge is 2.10. The maximum Gasteiger partial charge on any atom is 0.228 e. The SMILES string of the molecule is COc1cccc(CC(=O)Nc2ccc(Cl)c3cccnc23)c1. The van der Waals surface area contributed by atoms with Gasteiger partial charge in [-0.25, -0.2) is 0 Å². The fourth-order valence-electron chi connectivity index (χ4n) is 2.40. The molecule has 0 unspecified atom stereocenters. The molecule has 0 saturated heterocycles. The summed E-state index contributed by atoms with van der Waals surface area (Å²) in [6.07, 6.45) is 1.94. The molecule has 0 fully saturated rings. The molecule has 1 N–H and O–H groups in total. The van der Waals surface area contributed by atoms with Gasteiger partial charge in [-0.15, -0.1) is 0 Å². The Morgan fingerprint density at radius 1 is 1.22 bits per heavy atom. The second-order valence-corrected chi connectivity index (χ2v) is 5.48. The third-order valence-electron chi connectivity index (χ3n) is 3.49. The maximum atomic E-state index is 12.3. The summed E-state index contributed by atoms with van der Waals surface area (Å²) in [7, 11) is 1.60. The summed E-state index contributed by atoms with van der Waals surface area (Å²) >= 11 is 6.16. The van der Waals surface area contributed by atoms with Crippen LogP contribution in [0.5, 0.6) is 5.75 Å². The van der Waals surface area contributed by atoms with Crippen LogP contribution >= 0.6 is 11.6 Å². The number of hydrogen-bond acceptors (Lipinski definition) is 3. The molecule has 1 aromatic heterocycles. The van der Waals surface area contributed by atoms with E-state index in [1.54, 1.807) is 25.4 Å². The summed E-state index contributed by atoms with van der Waals surface area (Å²) in [6, 6.07) is 14.7. The van der Waals surface area contributed by atoms with Gasteiger partial charge in [-0.2, -0.15) is 0 Å². The number of nitrogens with one attached hydrogen (secondary N) is 1. The fraction of sp³-hybridized carbons (Fsp3) is 0.111. The van der Waals surface area contributed by atoms with E-state index in [0.29, 0.717) is 16.2 Å². The first-order chi connectivity index (χ1) is 11.2. The molecule has 1 heterocycles. The number of aromatic nitrogens is 1. The highest BCUT2D eigenvalue weighted by molar-refractivity contribution is 6.35. The standard InChI is InChI=1S/C18H15ClN2O2/c1-23-13-5-2-4-12(10-13)11-17(22)21-16-8-7-15(19)14-6-3-9-20-18(14)16/h2-10H,11H2,1H3,(H,21,22). The number of carbonyl (C=O) groups excluding carboxylic acids is 1. The molecule has 1 amide bonds. The van der Waals surface area contributed by atoms with Gasteiger partial charge in [0.1, 0.15) is 5.75 Å². The highest BCUT2D eigenvalue weighted by atomic mass is 35.5. The maximum absolute atomic E-state index is 12.3. The fourth-order valence-corrected chi connectivity index (χ4v) is 2.62. The second kappa shape index (κ2) is 6.67. The van der Waals surface area contributed by atoms with Gasteiger partial charge in [-0.3, -0.25) is 9.78 Å². The van der Waals surface area contributed by atoms with Crippen LogP contribution in [0.3, 0.4) is 0 Å². The molecule has 0 bridgehead atoms. The largest absolute Gasteiger partial charge is 0.497 e. The Morgan fingerprint density at radius 2 is 2.09 bits per heavy atom. The number of fused-ring (bicyclic) bond motifs is 1. The summed E-state index contributed by atoms with van der Waals surface area (Å²) in [6.45, 7) is 0. The third-order valence-corrected chi connectivity index (χ3v) is 3.82. The van der Waals surface area contributed by atoms with Gasteiger partial charge in [0.2, 0.25) is 5.91 Å². The third kappa shape index (κ3) is 3.43. The van der Waals surface area contributed by atoms with Crippen molar-refractivity contribution >= 4 is 34.1 Å². The van der Waals surface area contributed by atoms with E-state index in [1.807, 2.05) is 36.4 Å². The minimum Gasteiger partial charge on any atom is -0.497 e. The zero-order valence-electron chi connectivity index (χ0n) is 12.5. The van der Waals surface area contributed by atoms with Crippen LogP contribution in [-0.4, -0.2) is 18.0 Å². The summed E-state index contributed by atoms with van der Waals surface area (Å²) < 4.78 is 5.17. The summed E-state index contributed by atoms with van der Waals surface area (Å²) in [4.78, 5) is 16.6. The molecule has 3 aromatic rings. The van der Waals surface area contributed by atoms with Crippen LogP contribution in [0, 0.1) is 0 Å². The highest BCUT2D eigenvalue weighted by Crippen LogP contribution is 2.28. The molecule has 116 valence electrons. The van der Waals surface area contributed by atoms with Crippen molar-refractivity contribution in [2.24, 2.45) is 0 Å². The molecule has 0 spiro atoms. The minimum absolute atomic E-state index is 0.118. The average Bonchev–Trinajstić information content (AvgIpc) is 2.58. The molecule has 5 heteroatoms. The number of anilines is 1. The Morgan fingerprint density at radius 3 is 2.91 bits per heavy atom. The van der Waals surface area contributed by atoms with Gasteiger partial charge in [0.05, 0.1) is 29.8 Å². The topological polar surface area (TPSA) is 51.2 Å². The Kier molecular flexibility index (Phi) is 4.44. The lowest BCUT2D eigenvalue weighted by molar-refractivity contribution is -0.115. The molecular weight excluding hydrogens is 312 g/mol. The lowest BCUT2D eigenvalue weighted by Gasteiger charge is -2.09. The quantitative estimate of drug-likeness (QED) is 0.786. The van der Waals surface area contributed by atoms with Crippen molar-refractivity contribution in [1.82, 2.24) is 4.98 Å². The van der Waals surface area contributed by atoms with Crippen molar-refractivity contribution in [2.45, 2.75) is 6.42 Å². The molecular formula is C18H15ClN2O2. The second-order valence-electron chi connectivity index (χ2n) is 5.07. The van der Waals surface area contributed by atoms with Gasteiger partial charge >= 0.3 is 0 Å². The zero-order chi connectivity index (χ0) is 16.2. The van der Waals surface area contributed by atoms with Crippen molar-refractivity contribution < 1.29 is 9.53 Å². The zero-order valence-corrected chi connectivity index (χ0v) is 13.3. The molecule has 23 heavy (non-hydrogen) atoms. The van der Waals surface area contributed by atoms with E-state index in [-0.39, 0.29) is 12.3 Å². The van der Waals surface area contributed by atoms with Crippen molar-refractivity contribution in [1.29, 1.82) is 0 Å². The van der Waals surface area contributed by atoms with E-state index in [4.69, 9.17) is 16.3 Å². The predicted octanol–water partition coefficient (Wildman–Crippen LogP) is 4.08. The number of ether oxygens (including phenoxy) is 1. The lowest BCUT2D eigenvalue weighted by Crippen LogP contribution is -2.14. The van der Waals surface area contributed by atoms with Gasteiger partial charge in [-0.05, 0) is 42.0 Å². The molecule has 3 rings (SSSR count). The number of carbonyl (C=O) groups is 1. The first kappa shape index (κ1) is 15.3. The number of nitrogens with zero attached hydrogens (tertiary/aromatic N) is 1. The van der Waals surface area contributed by atoms with Gasteiger partial charge in [0, 0.05) is 11.6 Å². The van der Waals surface area contributed by atoms with Gasteiger partial charge < -0.3 is 10.1 Å². The van der Waals surface area contributed by atoms with E-state index in [0.717, 1.165) is 16.7 Å². The smallest absolute Gasteiger partial charge is 0.228 e. The monoisotopic (exact) mass is 326 g/mol. The van der Waals surface area contributed by atoms with E-state index in [2.05, 4.69) is 10.3 Å². The molecule has 0 aliphatic rings. The van der Waals surface area contributed by atoms with Gasteiger partial charge in [-0.1, -0.05) is 23.7 Å². The number of amides is 1. The number of pyridine rings is 1. The van der Waals surface area contributed by atoms with E-state index in [9.17, 15) is 4.79 Å². The average molecular weight is 327 g/mol. The Labute approximate surface area is 139 Å². The summed E-state index contributed by atoms with van der Waals surface area (Å²) in [5.41, 5.74) is 2.21. The first-order valence-electron chi connectivity index (χ1n) is 7.13. The van der Waals surface area contributed by atoms with Crippen LogP contribution < -0.4 is 10.1 Å². The normalized spacial score (nSPS) is 10.5. The van der Waals surface area contributed by atoms with Crippen molar-refractivity contribution in [3.8, 4) is 5.75 Å². The number of rotatable bonds is 4. The summed E-state index contributed by atoms with van der Waals surface area (Å²) in [5, 5.41) is 4.32. The number of benzene rings is 2. The van der Waals surface area contributed by atoms with Crippen LogP contribution in [0.15, 0.2) is 54.7 Å². The number of halogens is 1. The molecule has 0 radical (unpaired) electrons. The van der Waals surface area contributed by atoms with E-state index < -0.39 is 0 Å². The molecule has 0 aliphatic carbocycles. The molecule has 0 atom stereocenters. The molecule has 2 aromatic carbocycles. The summed E-state index contributed by atoms with van der Waals surface area (Å²) in [5.74, 6) is 0.612. The van der Waals surface area contributed by atoms with Crippen LogP contribution in [0.1, 0.15) is 5.56 Å². The minimum atomic E-state index is -0.118. The Balaban J connectivity index is 1.82. The van der Waals surface area contributed by atoms with Crippen molar-refractivity contribution in [2.75, 3.05) is 12.4 Å². The van der Waals surface area contributed by atoms with Crippen molar-refractivity contribution in [3.05, 3.63) is 65.3 Å². The number of hydrogen-bond donors (Lipinski definition) is 1. The molecule has 0 aliphatic heterocycles. The lowest BCUT2D eigenvalue weighted by atomic mass is 10.1. The Bertz CT molecular complexity index is 865. The van der Waals surface area contributed by atoms with Crippen LogP contribution in [0.25, 0.3) is 10.9 Å². The Hall–Kier alpha value is -2.59. The van der Waals surface area contributed by atoms with Gasteiger partial charge in [0.15, 0.2) is 0 Å². The predicted molar refractivity (Wildman–Crippen MR) is 92.1 cm³/mol. The molecule has 0 saturated carbocycles. The van der Waals surface area contributed by atoms with Crippen LogP contribution in [0.2, 0.25) is 5.02 Å². The van der Waals surface area contributed by atoms with Gasteiger partial charge in [0.25, 0.3) is 0 Å². The van der Waals surface area contributed by atoms with E-state index >= 15 is 0 Å². The van der Waals surface area contributed by atoms with Crippen LogP contribution in [0.4, 0.5) is 5.69 Å².